The van der Waals surface area contributed by atoms with Crippen molar-refractivity contribution in [2.45, 2.75) is 6.42 Å². The van der Waals surface area contributed by atoms with Crippen LogP contribution < -0.4 is 19.5 Å². The van der Waals surface area contributed by atoms with Crippen molar-refractivity contribution in [2.24, 2.45) is 9.98 Å². The molecule has 0 saturated heterocycles. The molecule has 0 aromatic heterocycles. The summed E-state index contributed by atoms with van der Waals surface area (Å²) in [5.74, 6) is 1.43. The van der Waals surface area contributed by atoms with E-state index in [1.807, 2.05) is 18.2 Å². The Morgan fingerprint density at radius 2 is 1.83 bits per heavy atom. The Morgan fingerprint density at radius 1 is 1.06 bits per heavy atom. The van der Waals surface area contributed by atoms with Crippen LogP contribution >= 0.6 is 0 Å². The van der Waals surface area contributed by atoms with Crippen LogP contribution in [0.3, 0.4) is 0 Å². The average Bonchev–Trinajstić information content (AvgIpc) is 3.35. The van der Waals surface area contributed by atoms with Gasteiger partial charge in [-0.1, -0.05) is 17.1 Å². The van der Waals surface area contributed by atoms with Crippen LogP contribution in [-0.2, 0) is 16.0 Å². The van der Waals surface area contributed by atoms with Crippen LogP contribution in [0.2, 0.25) is 0 Å². The van der Waals surface area contributed by atoms with Gasteiger partial charge in [0.2, 0.25) is 11.5 Å². The second kappa shape index (κ2) is 10.4. The number of fused-ring (bicyclic) bond motifs is 1. The Kier molecular flexibility index (Phi) is 7.09. The van der Waals surface area contributed by atoms with Gasteiger partial charge in [0, 0.05) is 12.1 Å². The first-order valence-electron chi connectivity index (χ1n) is 11.1. The molecule has 2 aliphatic rings. The Bertz CT molecular complexity index is 1330. The van der Waals surface area contributed by atoms with E-state index in [0.717, 1.165) is 10.5 Å². The topological polar surface area (TPSA) is 122 Å². The molecule has 11 heteroatoms. The van der Waals surface area contributed by atoms with Crippen LogP contribution in [0, 0.1) is 0 Å². The van der Waals surface area contributed by atoms with E-state index in [4.69, 9.17) is 14.2 Å². The summed E-state index contributed by atoms with van der Waals surface area (Å²) in [7, 11) is 6.08. The molecule has 0 spiro atoms. The maximum Gasteiger partial charge on any atom is 0.446 e. The van der Waals surface area contributed by atoms with Crippen LogP contribution in [0.5, 0.6) is 17.2 Å². The number of imide groups is 1. The number of ether oxygens (including phenoxy) is 3. The fraction of sp³-hybridized carbons (Fsp3) is 0.280. The molecule has 0 bridgehead atoms. The number of benzene rings is 2. The Hall–Kier alpha value is -4.54. The standard InChI is InChI=1S/C25H25N5O6/c1-29-23-21(24(32)30(2)25(29)33)27-22(28-23)16-6-5-7-17(13-16)36-14-20(31)26-11-10-15-8-9-18(34-3)19(12-15)35-4/h5-9,12-13H,10-11,14H2,1-4H3/p+1. The van der Waals surface area contributed by atoms with Gasteiger partial charge in [-0.05, 0) is 42.3 Å². The zero-order valence-corrected chi connectivity index (χ0v) is 20.4. The van der Waals surface area contributed by atoms with Crippen LogP contribution in [0.4, 0.5) is 4.79 Å². The van der Waals surface area contributed by atoms with Gasteiger partial charge in [0.15, 0.2) is 18.1 Å². The van der Waals surface area contributed by atoms with Crippen molar-refractivity contribution in [1.82, 2.24) is 10.2 Å². The fourth-order valence-electron chi connectivity index (χ4n) is 3.71. The lowest BCUT2D eigenvalue weighted by atomic mass is 10.1. The van der Waals surface area contributed by atoms with Crippen LogP contribution in [0.15, 0.2) is 52.4 Å². The van der Waals surface area contributed by atoms with E-state index in [1.165, 1.54) is 18.7 Å². The molecule has 186 valence electrons. The minimum Gasteiger partial charge on any atom is -0.493 e. The first-order valence-corrected chi connectivity index (χ1v) is 11.1. The van der Waals surface area contributed by atoms with Gasteiger partial charge in [0.1, 0.15) is 5.75 Å². The molecule has 36 heavy (non-hydrogen) atoms. The first-order chi connectivity index (χ1) is 17.3. The number of nitrogens with zero attached hydrogens (tertiary/aromatic N) is 4. The normalized spacial score (nSPS) is 14.8. The van der Waals surface area contributed by atoms with E-state index >= 15 is 0 Å². The summed E-state index contributed by atoms with van der Waals surface area (Å²) in [4.78, 5) is 46.5. The maximum atomic E-state index is 12.4. The van der Waals surface area contributed by atoms with E-state index in [0.29, 0.717) is 35.8 Å². The SMILES string of the molecule is COc1ccc(CCNC(=O)COc2cccc(C3=NC4=[N+](C)C(=O)N(C)C(=O)C4=N3)c2)cc1OC. The molecule has 0 aliphatic carbocycles. The summed E-state index contributed by atoms with van der Waals surface area (Å²) in [5.41, 5.74) is 1.69. The Balaban J connectivity index is 1.34. The molecule has 11 nitrogen and oxygen atoms in total. The highest BCUT2D eigenvalue weighted by atomic mass is 16.5. The van der Waals surface area contributed by atoms with Gasteiger partial charge in [0.05, 0.1) is 28.3 Å². The molecule has 4 amide bonds. The molecule has 2 aromatic rings. The minimum absolute atomic E-state index is 0.106. The van der Waals surface area contributed by atoms with E-state index in [2.05, 4.69) is 15.3 Å². The smallest absolute Gasteiger partial charge is 0.446 e. The van der Waals surface area contributed by atoms with Crippen molar-refractivity contribution in [3.8, 4) is 17.2 Å². The molecule has 0 radical (unpaired) electrons. The largest absolute Gasteiger partial charge is 0.493 e. The fourth-order valence-corrected chi connectivity index (χ4v) is 3.71. The van der Waals surface area contributed by atoms with Crippen LogP contribution in [0.25, 0.3) is 0 Å². The Morgan fingerprint density at radius 3 is 2.58 bits per heavy atom. The number of rotatable bonds is 9. The zero-order chi connectivity index (χ0) is 25.8. The second-order valence-corrected chi connectivity index (χ2v) is 8.03. The first kappa shape index (κ1) is 24.6. The number of amidine groups is 2. The number of amides is 4. The van der Waals surface area contributed by atoms with E-state index < -0.39 is 11.9 Å². The van der Waals surface area contributed by atoms with Gasteiger partial charge in [-0.15, -0.1) is 0 Å². The van der Waals surface area contributed by atoms with Gasteiger partial charge < -0.3 is 19.5 Å². The van der Waals surface area contributed by atoms with Gasteiger partial charge in [0.25, 0.3) is 5.91 Å². The number of hydrogen-bond donors (Lipinski definition) is 1. The molecular formula is C25H26N5O6+. The van der Waals surface area contributed by atoms with Crippen molar-refractivity contribution in [1.29, 1.82) is 0 Å². The van der Waals surface area contributed by atoms with Gasteiger partial charge in [-0.3, -0.25) is 4.79 Å². The van der Waals surface area contributed by atoms with Crippen molar-refractivity contribution >= 4 is 35.2 Å². The third-order valence-corrected chi connectivity index (χ3v) is 5.69. The molecular weight excluding hydrogens is 466 g/mol. The van der Waals surface area contributed by atoms with Crippen molar-refractivity contribution < 1.29 is 33.2 Å². The molecule has 2 heterocycles. The monoisotopic (exact) mass is 492 g/mol. The minimum atomic E-state index is -0.510. The number of methoxy groups -OCH3 is 2. The number of carbonyl (C=O) groups excluding carboxylic acids is 3. The molecule has 0 saturated carbocycles. The quantitative estimate of drug-likeness (QED) is 0.526. The van der Waals surface area contributed by atoms with Gasteiger partial charge >= 0.3 is 17.8 Å². The summed E-state index contributed by atoms with van der Waals surface area (Å²) in [6, 6.07) is 12.0. The Labute approximate surface area is 207 Å². The number of hydrogen-bond acceptors (Lipinski definition) is 8. The number of aliphatic imine (C=N–C) groups is 2. The number of carbonyl (C=O) groups is 3. The molecule has 4 rings (SSSR count). The van der Waals surface area contributed by atoms with Crippen molar-refractivity contribution in [2.75, 3.05) is 41.5 Å². The number of urea groups is 1. The molecule has 0 atom stereocenters. The highest BCUT2D eigenvalue weighted by Crippen LogP contribution is 2.27. The van der Waals surface area contributed by atoms with E-state index in [1.54, 1.807) is 38.5 Å². The second-order valence-electron chi connectivity index (χ2n) is 8.03. The van der Waals surface area contributed by atoms with Crippen molar-refractivity contribution in [3.05, 3.63) is 53.6 Å². The lowest BCUT2D eigenvalue weighted by Gasteiger charge is -2.15. The molecule has 0 fully saturated rings. The average molecular weight is 493 g/mol. The summed E-state index contributed by atoms with van der Waals surface area (Å²) in [5, 5.41) is 2.82. The lowest BCUT2D eigenvalue weighted by molar-refractivity contribution is -0.401. The maximum absolute atomic E-state index is 12.4. The summed E-state index contributed by atoms with van der Waals surface area (Å²) < 4.78 is 17.4. The number of nitrogens with one attached hydrogen (secondary N) is 1. The van der Waals surface area contributed by atoms with Gasteiger partial charge in [-0.25, -0.2) is 9.59 Å². The molecule has 0 unspecified atom stereocenters. The predicted octanol–water partition coefficient (Wildman–Crippen LogP) is 1.28. The van der Waals surface area contributed by atoms with Crippen LogP contribution in [0.1, 0.15) is 11.1 Å². The third kappa shape index (κ3) is 4.95. The lowest BCUT2D eigenvalue weighted by Crippen LogP contribution is -2.51. The summed E-state index contributed by atoms with van der Waals surface area (Å²) in [6.07, 6.45) is 0.617. The van der Waals surface area contributed by atoms with Gasteiger partial charge in [-0.2, -0.15) is 14.5 Å². The highest BCUT2D eigenvalue weighted by Gasteiger charge is 2.44. The summed E-state index contributed by atoms with van der Waals surface area (Å²) >= 11 is 0. The van der Waals surface area contributed by atoms with E-state index in [9.17, 15) is 14.4 Å². The third-order valence-electron chi connectivity index (χ3n) is 5.69. The van der Waals surface area contributed by atoms with E-state index in [-0.39, 0.29) is 29.9 Å². The summed E-state index contributed by atoms with van der Waals surface area (Å²) in [6.45, 7) is 0.258. The molecule has 2 aromatic carbocycles. The van der Waals surface area contributed by atoms with Crippen molar-refractivity contribution in [3.63, 3.8) is 0 Å². The molecule has 2 aliphatic heterocycles. The zero-order valence-electron chi connectivity index (χ0n) is 20.4. The molecule has 1 N–H and O–H groups in total. The van der Waals surface area contributed by atoms with Crippen LogP contribution in [-0.4, -0.2) is 86.2 Å². The predicted molar refractivity (Wildman–Crippen MR) is 132 cm³/mol. The highest BCUT2D eigenvalue weighted by molar-refractivity contribution is 6.70.